The van der Waals surface area contributed by atoms with E-state index in [0.29, 0.717) is 18.0 Å². The summed E-state index contributed by atoms with van der Waals surface area (Å²) in [6, 6.07) is 5.56. The number of rotatable bonds is 5. The third-order valence-electron chi connectivity index (χ3n) is 3.65. The molecule has 4 aromatic heterocycles. The van der Waals surface area contributed by atoms with E-state index in [9.17, 15) is 0 Å². The highest BCUT2D eigenvalue weighted by atomic mass is 16.3. The lowest BCUT2D eigenvalue weighted by Gasteiger charge is -2.05. The van der Waals surface area contributed by atoms with E-state index in [1.165, 1.54) is 0 Å². The molecule has 0 aliphatic carbocycles. The lowest BCUT2D eigenvalue weighted by atomic mass is 10.2. The summed E-state index contributed by atoms with van der Waals surface area (Å²) in [5, 5.41) is 8.79. The molecule has 0 fully saturated rings. The van der Waals surface area contributed by atoms with Crippen molar-refractivity contribution in [2.24, 2.45) is 7.05 Å². The van der Waals surface area contributed by atoms with E-state index in [1.807, 2.05) is 25.2 Å². The molecular weight excluding hydrogens is 306 g/mol. The molecule has 0 N–H and O–H groups in total. The number of hydrogen-bond donors (Lipinski definition) is 0. The highest BCUT2D eigenvalue weighted by Gasteiger charge is 2.16. The van der Waals surface area contributed by atoms with E-state index >= 15 is 0 Å². The van der Waals surface area contributed by atoms with Crippen molar-refractivity contribution in [1.29, 1.82) is 0 Å². The smallest absolute Gasteiger partial charge is 0.217 e. The Balaban J connectivity index is 1.70. The van der Waals surface area contributed by atoms with Crippen LogP contribution < -0.4 is 0 Å². The molecule has 0 aromatic carbocycles. The molecule has 0 saturated heterocycles. The highest BCUT2D eigenvalue weighted by molar-refractivity contribution is 5.46. The molecule has 0 amide bonds. The van der Waals surface area contributed by atoms with E-state index in [0.717, 1.165) is 23.8 Å². The van der Waals surface area contributed by atoms with Gasteiger partial charge in [-0.3, -0.25) is 14.6 Å². The first-order chi connectivity index (χ1) is 11.8. The van der Waals surface area contributed by atoms with Crippen LogP contribution in [0.4, 0.5) is 0 Å². The lowest BCUT2D eigenvalue weighted by molar-refractivity contribution is 0.576. The maximum absolute atomic E-state index is 5.42. The van der Waals surface area contributed by atoms with Gasteiger partial charge in [0.2, 0.25) is 5.82 Å². The summed E-state index contributed by atoms with van der Waals surface area (Å²) in [5.74, 6) is 2.84. The van der Waals surface area contributed by atoms with Gasteiger partial charge in [-0.25, -0.2) is 4.98 Å². The van der Waals surface area contributed by atoms with Crippen LogP contribution in [0.5, 0.6) is 0 Å². The topological polar surface area (TPSA) is 87.5 Å². The van der Waals surface area contributed by atoms with E-state index in [-0.39, 0.29) is 0 Å². The van der Waals surface area contributed by atoms with Gasteiger partial charge >= 0.3 is 0 Å². The minimum Gasteiger partial charge on any atom is -0.461 e. The molecule has 4 heterocycles. The number of furan rings is 1. The maximum Gasteiger partial charge on any atom is 0.217 e. The Labute approximate surface area is 137 Å². The number of hydrogen-bond acceptors (Lipinski definition) is 6. The molecule has 0 aliphatic rings. The Kier molecular flexibility index (Phi) is 3.62. The average molecular weight is 321 g/mol. The van der Waals surface area contributed by atoms with Crippen LogP contribution >= 0.6 is 0 Å². The maximum atomic E-state index is 5.42. The quantitative estimate of drug-likeness (QED) is 0.557. The van der Waals surface area contributed by atoms with Crippen molar-refractivity contribution in [3.63, 3.8) is 0 Å². The molecule has 0 spiro atoms. The standard InChI is InChI=1S/C16H15N7O/c1-22-15(6-7-19-22)23-14(5-4-12-11-17-8-9-18-12)20-16(21-23)13-3-2-10-24-13/h2-3,6-11H,4-5H2,1H3. The third kappa shape index (κ3) is 2.69. The molecule has 0 bridgehead atoms. The molecule has 0 radical (unpaired) electrons. The summed E-state index contributed by atoms with van der Waals surface area (Å²) in [4.78, 5) is 13.0. The van der Waals surface area contributed by atoms with Gasteiger partial charge < -0.3 is 4.42 Å². The van der Waals surface area contributed by atoms with Gasteiger partial charge in [0.1, 0.15) is 5.82 Å². The van der Waals surface area contributed by atoms with Gasteiger partial charge in [0.05, 0.1) is 18.2 Å². The van der Waals surface area contributed by atoms with Crippen LogP contribution in [-0.4, -0.2) is 34.5 Å². The van der Waals surface area contributed by atoms with Crippen molar-refractivity contribution in [3.8, 4) is 17.4 Å². The lowest BCUT2D eigenvalue weighted by Crippen LogP contribution is -2.09. The van der Waals surface area contributed by atoms with Gasteiger partial charge in [-0.1, -0.05) is 0 Å². The largest absolute Gasteiger partial charge is 0.461 e. The van der Waals surface area contributed by atoms with Crippen molar-refractivity contribution in [2.75, 3.05) is 0 Å². The summed E-state index contributed by atoms with van der Waals surface area (Å²) in [7, 11) is 1.87. The zero-order valence-corrected chi connectivity index (χ0v) is 13.1. The molecule has 0 saturated carbocycles. The number of aromatic nitrogens is 7. The predicted octanol–water partition coefficient (Wildman–Crippen LogP) is 1.84. The minimum absolute atomic E-state index is 0.551. The fourth-order valence-corrected chi connectivity index (χ4v) is 2.47. The Morgan fingerprint density at radius 2 is 2.08 bits per heavy atom. The van der Waals surface area contributed by atoms with Crippen molar-refractivity contribution < 1.29 is 4.42 Å². The van der Waals surface area contributed by atoms with Crippen LogP contribution in [-0.2, 0) is 19.9 Å². The number of nitrogens with zero attached hydrogens (tertiary/aromatic N) is 7. The zero-order chi connectivity index (χ0) is 16.4. The first kappa shape index (κ1) is 14.3. The van der Waals surface area contributed by atoms with Crippen molar-refractivity contribution >= 4 is 0 Å². The zero-order valence-electron chi connectivity index (χ0n) is 13.1. The predicted molar refractivity (Wildman–Crippen MR) is 85.3 cm³/mol. The summed E-state index contributed by atoms with van der Waals surface area (Å²) in [6.45, 7) is 0. The monoisotopic (exact) mass is 321 g/mol. The molecule has 4 aromatic rings. The van der Waals surface area contributed by atoms with Crippen LogP contribution in [0.2, 0.25) is 0 Å². The molecular formula is C16H15N7O. The van der Waals surface area contributed by atoms with Gasteiger partial charge in [0.15, 0.2) is 11.6 Å². The summed E-state index contributed by atoms with van der Waals surface area (Å²) in [5.41, 5.74) is 0.914. The fourth-order valence-electron chi connectivity index (χ4n) is 2.47. The second-order valence-corrected chi connectivity index (χ2v) is 5.25. The third-order valence-corrected chi connectivity index (χ3v) is 3.65. The Morgan fingerprint density at radius 1 is 1.12 bits per heavy atom. The van der Waals surface area contributed by atoms with Gasteiger partial charge in [-0.2, -0.15) is 9.78 Å². The Morgan fingerprint density at radius 3 is 2.79 bits per heavy atom. The normalized spacial score (nSPS) is 11.0. The van der Waals surface area contributed by atoms with Gasteiger partial charge in [-0.05, 0) is 18.6 Å². The van der Waals surface area contributed by atoms with Crippen LogP contribution in [0.25, 0.3) is 17.4 Å². The highest BCUT2D eigenvalue weighted by Crippen LogP contribution is 2.19. The van der Waals surface area contributed by atoms with Gasteiger partial charge in [0.25, 0.3) is 0 Å². The molecule has 120 valence electrons. The summed E-state index contributed by atoms with van der Waals surface area (Å²) >= 11 is 0. The second-order valence-electron chi connectivity index (χ2n) is 5.25. The molecule has 24 heavy (non-hydrogen) atoms. The molecule has 0 unspecified atom stereocenters. The molecule has 0 atom stereocenters. The number of aryl methyl sites for hydroxylation is 3. The van der Waals surface area contributed by atoms with E-state index in [2.05, 4.69) is 25.1 Å². The molecule has 4 rings (SSSR count). The first-order valence-corrected chi connectivity index (χ1v) is 7.54. The second kappa shape index (κ2) is 6.07. The first-order valence-electron chi connectivity index (χ1n) is 7.54. The van der Waals surface area contributed by atoms with Crippen LogP contribution in [0, 0.1) is 0 Å². The average Bonchev–Trinajstić information content (AvgIpc) is 3.34. The van der Waals surface area contributed by atoms with Crippen LogP contribution in [0.3, 0.4) is 0 Å². The van der Waals surface area contributed by atoms with Crippen LogP contribution in [0.15, 0.2) is 53.7 Å². The van der Waals surface area contributed by atoms with E-state index in [4.69, 9.17) is 4.42 Å². The Hall–Kier alpha value is -3.29. The summed E-state index contributed by atoms with van der Waals surface area (Å²) < 4.78 is 8.96. The van der Waals surface area contributed by atoms with Crippen molar-refractivity contribution in [3.05, 3.63) is 60.8 Å². The molecule has 8 heteroatoms. The minimum atomic E-state index is 0.551. The van der Waals surface area contributed by atoms with E-state index < -0.39 is 0 Å². The molecule has 8 nitrogen and oxygen atoms in total. The molecule has 0 aliphatic heterocycles. The van der Waals surface area contributed by atoms with Crippen LogP contribution in [0.1, 0.15) is 11.5 Å². The Bertz CT molecular complexity index is 925. The fraction of sp³-hybridized carbons (Fsp3) is 0.188. The van der Waals surface area contributed by atoms with Gasteiger partial charge in [-0.15, -0.1) is 5.10 Å². The SMILES string of the molecule is Cn1nccc1-n1nc(-c2ccco2)nc1CCc1cnccn1. The van der Waals surface area contributed by atoms with Crippen molar-refractivity contribution in [1.82, 2.24) is 34.5 Å². The van der Waals surface area contributed by atoms with Gasteiger partial charge in [0, 0.05) is 38.1 Å². The van der Waals surface area contributed by atoms with E-state index in [1.54, 1.807) is 40.4 Å². The summed E-state index contributed by atoms with van der Waals surface area (Å²) in [6.07, 6.45) is 9.86. The van der Waals surface area contributed by atoms with Crippen molar-refractivity contribution in [2.45, 2.75) is 12.8 Å².